The van der Waals surface area contributed by atoms with E-state index in [2.05, 4.69) is 38.1 Å². The van der Waals surface area contributed by atoms with Crippen LogP contribution in [0.4, 0.5) is 17.3 Å². The lowest BCUT2D eigenvalue weighted by Gasteiger charge is -2.21. The number of nitrogens with one attached hydrogen (secondary N) is 1. The number of rotatable bonds is 6. The molecule has 0 saturated carbocycles. The lowest BCUT2D eigenvalue weighted by molar-refractivity contribution is 0.415. The van der Waals surface area contributed by atoms with E-state index in [0.717, 1.165) is 40.5 Å². The number of methoxy groups -OCH3 is 1. The molecule has 0 fully saturated rings. The second-order valence-corrected chi connectivity index (χ2v) is 5.34. The molecule has 1 heterocycles. The Morgan fingerprint density at radius 3 is 2.57 bits per heavy atom. The van der Waals surface area contributed by atoms with Crippen molar-refractivity contribution in [2.45, 2.75) is 13.3 Å². The maximum Gasteiger partial charge on any atom is 0.152 e. The average molecular weight is 351 g/mol. The number of nitrogens with zero attached hydrogens (tertiary/aromatic N) is 3. The number of halogens is 1. The number of anilines is 3. The normalized spacial score (nSPS) is 10.3. The van der Waals surface area contributed by atoms with Gasteiger partial charge < -0.3 is 15.0 Å². The third-order valence-electron chi connectivity index (χ3n) is 3.09. The second kappa shape index (κ2) is 7.26. The molecule has 112 valence electrons. The van der Waals surface area contributed by atoms with Gasteiger partial charge in [0.05, 0.1) is 7.11 Å². The Balaban J connectivity index is 2.27. The molecule has 0 atom stereocenters. The summed E-state index contributed by atoms with van der Waals surface area (Å²) in [6.07, 6.45) is 2.61. The molecule has 0 amide bonds. The first-order valence-corrected chi connectivity index (χ1v) is 7.58. The number of hydrogen-bond donors (Lipinski definition) is 1. The summed E-state index contributed by atoms with van der Waals surface area (Å²) in [4.78, 5) is 10.6. The molecule has 0 radical (unpaired) electrons. The van der Waals surface area contributed by atoms with Crippen molar-refractivity contribution < 1.29 is 4.74 Å². The van der Waals surface area contributed by atoms with Crippen LogP contribution < -0.4 is 15.0 Å². The molecule has 0 saturated heterocycles. The smallest absolute Gasteiger partial charge is 0.152 e. The quantitative estimate of drug-likeness (QED) is 0.857. The summed E-state index contributed by atoms with van der Waals surface area (Å²) in [5.41, 5.74) is 1.02. The predicted molar refractivity (Wildman–Crippen MR) is 89.6 cm³/mol. The molecule has 5 nitrogen and oxygen atoms in total. The average Bonchev–Trinajstić information content (AvgIpc) is 2.53. The van der Waals surface area contributed by atoms with Crippen LogP contribution in [0.5, 0.6) is 5.75 Å². The minimum atomic E-state index is 0.808. The van der Waals surface area contributed by atoms with Crippen LogP contribution in [0, 0.1) is 0 Å². The van der Waals surface area contributed by atoms with Gasteiger partial charge in [-0.05, 0) is 46.6 Å². The number of hydrogen-bond acceptors (Lipinski definition) is 5. The highest BCUT2D eigenvalue weighted by molar-refractivity contribution is 9.10. The first kappa shape index (κ1) is 15.6. The molecule has 1 aromatic heterocycles. The Labute approximate surface area is 133 Å². The maximum absolute atomic E-state index is 5.18. The van der Waals surface area contributed by atoms with Gasteiger partial charge in [0.15, 0.2) is 5.82 Å². The van der Waals surface area contributed by atoms with E-state index in [1.54, 1.807) is 13.4 Å². The molecular weight excluding hydrogens is 332 g/mol. The molecular formula is C15H19BrN4O. The molecule has 0 bridgehead atoms. The summed E-state index contributed by atoms with van der Waals surface area (Å²) >= 11 is 3.58. The Morgan fingerprint density at radius 2 is 1.95 bits per heavy atom. The van der Waals surface area contributed by atoms with Gasteiger partial charge in [0.2, 0.25) is 0 Å². The van der Waals surface area contributed by atoms with Crippen LogP contribution in [0.2, 0.25) is 0 Å². The van der Waals surface area contributed by atoms with E-state index < -0.39 is 0 Å². The van der Waals surface area contributed by atoms with Crippen molar-refractivity contribution in [1.82, 2.24) is 9.97 Å². The zero-order valence-corrected chi connectivity index (χ0v) is 14.0. The summed E-state index contributed by atoms with van der Waals surface area (Å²) < 4.78 is 6.04. The van der Waals surface area contributed by atoms with Gasteiger partial charge in [0, 0.05) is 19.3 Å². The molecule has 0 aliphatic carbocycles. The SMILES string of the molecule is CCCNc1ncnc(N(C)c2ccc(OC)cc2)c1Br. The molecule has 2 aromatic rings. The van der Waals surface area contributed by atoms with E-state index in [0.29, 0.717) is 0 Å². The van der Waals surface area contributed by atoms with Crippen LogP contribution in [0.15, 0.2) is 35.1 Å². The van der Waals surface area contributed by atoms with E-state index >= 15 is 0 Å². The predicted octanol–water partition coefficient (Wildman–Crippen LogP) is 3.84. The second-order valence-electron chi connectivity index (χ2n) is 4.54. The molecule has 0 unspecified atom stereocenters. The standard InChI is InChI=1S/C15H19BrN4O/c1-4-9-17-14-13(16)15(19-10-18-14)20(2)11-5-7-12(21-3)8-6-11/h5-8,10H,4,9H2,1-3H3,(H,17,18,19). The Morgan fingerprint density at radius 1 is 1.24 bits per heavy atom. The zero-order chi connectivity index (χ0) is 15.2. The molecule has 1 N–H and O–H groups in total. The van der Waals surface area contributed by atoms with Crippen LogP contribution in [0.3, 0.4) is 0 Å². The topological polar surface area (TPSA) is 50.3 Å². The van der Waals surface area contributed by atoms with Crippen molar-refractivity contribution >= 4 is 33.3 Å². The van der Waals surface area contributed by atoms with Crippen LogP contribution in [-0.4, -0.2) is 30.7 Å². The first-order chi connectivity index (χ1) is 10.2. The molecule has 2 rings (SSSR count). The Bertz CT molecular complexity index is 589. The molecule has 0 aliphatic rings. The lowest BCUT2D eigenvalue weighted by Crippen LogP contribution is -2.14. The van der Waals surface area contributed by atoms with Gasteiger partial charge in [-0.3, -0.25) is 0 Å². The van der Waals surface area contributed by atoms with Crippen molar-refractivity contribution in [2.24, 2.45) is 0 Å². The van der Waals surface area contributed by atoms with Crippen molar-refractivity contribution in [3.8, 4) is 5.75 Å². The van der Waals surface area contributed by atoms with Gasteiger partial charge in [0.1, 0.15) is 22.4 Å². The third kappa shape index (κ3) is 3.64. The molecule has 6 heteroatoms. The molecule has 1 aromatic carbocycles. The van der Waals surface area contributed by atoms with Crippen LogP contribution >= 0.6 is 15.9 Å². The van der Waals surface area contributed by atoms with Gasteiger partial charge in [-0.15, -0.1) is 0 Å². The van der Waals surface area contributed by atoms with Crippen LogP contribution in [0.25, 0.3) is 0 Å². The highest BCUT2D eigenvalue weighted by Crippen LogP contribution is 2.33. The maximum atomic E-state index is 5.18. The minimum Gasteiger partial charge on any atom is -0.497 e. The Hall–Kier alpha value is -1.82. The van der Waals surface area contributed by atoms with Gasteiger partial charge in [0.25, 0.3) is 0 Å². The van der Waals surface area contributed by atoms with Crippen LogP contribution in [-0.2, 0) is 0 Å². The highest BCUT2D eigenvalue weighted by atomic mass is 79.9. The summed E-state index contributed by atoms with van der Waals surface area (Å²) in [5, 5.41) is 3.28. The monoisotopic (exact) mass is 350 g/mol. The zero-order valence-electron chi connectivity index (χ0n) is 12.4. The van der Waals surface area contributed by atoms with Gasteiger partial charge in [-0.25, -0.2) is 9.97 Å². The van der Waals surface area contributed by atoms with Crippen molar-refractivity contribution in [1.29, 1.82) is 0 Å². The molecule has 0 spiro atoms. The lowest BCUT2D eigenvalue weighted by atomic mass is 10.3. The van der Waals surface area contributed by atoms with Crippen molar-refractivity contribution in [3.63, 3.8) is 0 Å². The van der Waals surface area contributed by atoms with E-state index in [-0.39, 0.29) is 0 Å². The fourth-order valence-electron chi connectivity index (χ4n) is 1.89. The fraction of sp³-hybridized carbons (Fsp3) is 0.333. The van der Waals surface area contributed by atoms with Crippen molar-refractivity contribution in [2.75, 3.05) is 30.9 Å². The van der Waals surface area contributed by atoms with Crippen molar-refractivity contribution in [3.05, 3.63) is 35.1 Å². The summed E-state index contributed by atoms with van der Waals surface area (Å²) in [6.45, 7) is 2.99. The molecule has 0 aliphatic heterocycles. The highest BCUT2D eigenvalue weighted by Gasteiger charge is 2.13. The van der Waals surface area contributed by atoms with Gasteiger partial charge >= 0.3 is 0 Å². The number of ether oxygens (including phenoxy) is 1. The largest absolute Gasteiger partial charge is 0.497 e. The summed E-state index contributed by atoms with van der Waals surface area (Å²) in [5.74, 6) is 2.45. The Kier molecular flexibility index (Phi) is 5.38. The fourth-order valence-corrected chi connectivity index (χ4v) is 2.50. The number of aromatic nitrogens is 2. The van der Waals surface area contributed by atoms with Gasteiger partial charge in [-0.1, -0.05) is 6.92 Å². The summed E-state index contributed by atoms with van der Waals surface area (Å²) in [6, 6.07) is 7.84. The molecule has 21 heavy (non-hydrogen) atoms. The van der Waals surface area contributed by atoms with Crippen LogP contribution in [0.1, 0.15) is 13.3 Å². The van der Waals surface area contributed by atoms with E-state index in [9.17, 15) is 0 Å². The third-order valence-corrected chi connectivity index (χ3v) is 3.82. The van der Waals surface area contributed by atoms with Gasteiger partial charge in [-0.2, -0.15) is 0 Å². The first-order valence-electron chi connectivity index (χ1n) is 6.79. The van der Waals surface area contributed by atoms with E-state index in [4.69, 9.17) is 4.74 Å². The van der Waals surface area contributed by atoms with E-state index in [1.165, 1.54) is 0 Å². The number of benzene rings is 1. The minimum absolute atomic E-state index is 0.808. The summed E-state index contributed by atoms with van der Waals surface area (Å²) in [7, 11) is 3.63. The van der Waals surface area contributed by atoms with E-state index in [1.807, 2.05) is 36.2 Å².